The topological polar surface area (TPSA) is 85.8 Å². The molecule has 2 heterocycles. The summed E-state index contributed by atoms with van der Waals surface area (Å²) < 4.78 is 11.5. The van der Waals surface area contributed by atoms with Gasteiger partial charge < -0.3 is 9.15 Å². The normalized spacial score (nSPS) is 15.8. The van der Waals surface area contributed by atoms with Crippen molar-refractivity contribution in [1.82, 2.24) is 4.90 Å². The monoisotopic (exact) mass is 390 g/mol. The fourth-order valence-corrected chi connectivity index (χ4v) is 3.84. The Morgan fingerprint density at radius 3 is 2.77 bits per heavy atom. The number of carbonyl (C=O) groups is 1. The smallest absolute Gasteiger partial charge is 0.270 e. The van der Waals surface area contributed by atoms with Crippen LogP contribution in [0.3, 0.4) is 0 Å². The number of non-ortho nitro benzene ring substituents is 1. The molecule has 3 rings (SSSR count). The zero-order valence-electron chi connectivity index (χ0n) is 13.9. The summed E-state index contributed by atoms with van der Waals surface area (Å²) in [4.78, 5) is 24.8. The molecule has 1 aliphatic rings. The molecule has 1 aromatic heterocycles. The van der Waals surface area contributed by atoms with Crippen molar-refractivity contribution < 1.29 is 18.9 Å². The number of likely N-dealkylation sites (N-methyl/N-ethyl adjacent to an activating group) is 1. The maximum absolute atomic E-state index is 12.3. The molecular weight excluding hydrogens is 376 g/mol. The van der Waals surface area contributed by atoms with Crippen LogP contribution in [0.2, 0.25) is 0 Å². The minimum Gasteiger partial charge on any atom is -0.496 e. The van der Waals surface area contributed by atoms with E-state index >= 15 is 0 Å². The first-order chi connectivity index (χ1) is 12.4. The van der Waals surface area contributed by atoms with Crippen LogP contribution in [0.5, 0.6) is 5.75 Å². The number of hydrogen-bond acceptors (Lipinski definition) is 7. The van der Waals surface area contributed by atoms with Gasteiger partial charge >= 0.3 is 0 Å². The average Bonchev–Trinajstić information content (AvgIpc) is 3.19. The van der Waals surface area contributed by atoms with Gasteiger partial charge in [-0.3, -0.25) is 19.8 Å². The predicted molar refractivity (Wildman–Crippen MR) is 103 cm³/mol. The number of methoxy groups -OCH3 is 1. The molecule has 1 amide bonds. The summed E-state index contributed by atoms with van der Waals surface area (Å²) >= 11 is 6.39. The van der Waals surface area contributed by atoms with Gasteiger partial charge in [-0.05, 0) is 25.1 Å². The van der Waals surface area contributed by atoms with Crippen molar-refractivity contribution in [3.05, 3.63) is 51.1 Å². The van der Waals surface area contributed by atoms with Crippen molar-refractivity contribution in [3.63, 3.8) is 0 Å². The minimum atomic E-state index is -0.483. The van der Waals surface area contributed by atoms with Crippen LogP contribution in [-0.4, -0.2) is 33.7 Å². The number of nitro benzene ring substituents is 1. The molecular formula is C17H14N2O5S2. The maximum atomic E-state index is 12.3. The first-order valence-electron chi connectivity index (χ1n) is 7.62. The molecule has 2 aromatic rings. The maximum Gasteiger partial charge on any atom is 0.270 e. The van der Waals surface area contributed by atoms with Gasteiger partial charge in [0.2, 0.25) is 0 Å². The number of amides is 1. The molecule has 0 radical (unpaired) electrons. The number of thioether (sulfide) groups is 1. The number of carbonyl (C=O) groups excluding carboxylic acids is 1. The Morgan fingerprint density at radius 1 is 1.38 bits per heavy atom. The summed E-state index contributed by atoms with van der Waals surface area (Å²) in [6.07, 6.45) is 1.61. The summed E-state index contributed by atoms with van der Waals surface area (Å²) in [5, 5.41) is 11.0. The van der Waals surface area contributed by atoms with Gasteiger partial charge in [0, 0.05) is 24.8 Å². The van der Waals surface area contributed by atoms with E-state index < -0.39 is 4.92 Å². The van der Waals surface area contributed by atoms with Gasteiger partial charge in [0.25, 0.3) is 11.6 Å². The van der Waals surface area contributed by atoms with E-state index in [0.29, 0.717) is 38.6 Å². The van der Waals surface area contributed by atoms with E-state index in [1.807, 2.05) is 6.92 Å². The van der Waals surface area contributed by atoms with E-state index in [4.69, 9.17) is 21.4 Å². The van der Waals surface area contributed by atoms with E-state index in [1.165, 1.54) is 42.0 Å². The minimum absolute atomic E-state index is 0.0671. The second kappa shape index (κ2) is 7.30. The molecule has 9 heteroatoms. The molecule has 1 aliphatic heterocycles. The van der Waals surface area contributed by atoms with Crippen LogP contribution in [0.4, 0.5) is 5.69 Å². The van der Waals surface area contributed by atoms with E-state index in [0.717, 1.165) is 0 Å². The molecule has 0 aliphatic carbocycles. The van der Waals surface area contributed by atoms with Crippen molar-refractivity contribution >= 4 is 46.0 Å². The Morgan fingerprint density at radius 2 is 2.15 bits per heavy atom. The Balaban J connectivity index is 1.95. The summed E-state index contributed by atoms with van der Waals surface area (Å²) in [5.74, 6) is 1.15. The van der Waals surface area contributed by atoms with Crippen molar-refractivity contribution in [3.8, 4) is 17.1 Å². The molecule has 0 unspecified atom stereocenters. The molecule has 0 N–H and O–H groups in total. The lowest BCUT2D eigenvalue weighted by Crippen LogP contribution is -2.27. The summed E-state index contributed by atoms with van der Waals surface area (Å²) in [6, 6.07) is 7.63. The van der Waals surface area contributed by atoms with Gasteiger partial charge in [0.15, 0.2) is 0 Å². The lowest BCUT2D eigenvalue weighted by molar-refractivity contribution is -0.384. The number of nitrogens with zero attached hydrogens (tertiary/aromatic N) is 2. The third-order valence-corrected chi connectivity index (χ3v) is 5.13. The highest BCUT2D eigenvalue weighted by Crippen LogP contribution is 2.36. The first kappa shape index (κ1) is 18.2. The van der Waals surface area contributed by atoms with Gasteiger partial charge in [-0.15, -0.1) is 0 Å². The number of thiocarbonyl (C=S) groups is 1. The van der Waals surface area contributed by atoms with Crippen LogP contribution in [0.15, 0.2) is 39.7 Å². The SMILES string of the molecule is CCN1C(=O)C(=Cc2ccc(-c3cc([N+](=O)[O-])ccc3OC)o2)SC1=S. The summed E-state index contributed by atoms with van der Waals surface area (Å²) in [6.45, 7) is 2.36. The van der Waals surface area contributed by atoms with E-state index in [-0.39, 0.29) is 11.6 Å². The standard InChI is InChI=1S/C17H14N2O5S2/c1-3-18-16(20)15(26-17(18)25)9-11-5-7-14(24-11)12-8-10(19(21)22)4-6-13(12)23-2/h4-9H,3H2,1-2H3. The Bertz CT molecular complexity index is 935. The van der Waals surface area contributed by atoms with E-state index in [9.17, 15) is 14.9 Å². The number of furan rings is 1. The molecule has 26 heavy (non-hydrogen) atoms. The number of benzene rings is 1. The molecule has 0 saturated carbocycles. The molecule has 0 atom stereocenters. The number of rotatable bonds is 5. The van der Waals surface area contributed by atoms with Crippen LogP contribution in [0, 0.1) is 10.1 Å². The highest BCUT2D eigenvalue weighted by Gasteiger charge is 2.31. The summed E-state index contributed by atoms with van der Waals surface area (Å²) in [7, 11) is 1.48. The largest absolute Gasteiger partial charge is 0.496 e. The Kier molecular flexibility index (Phi) is 5.10. The van der Waals surface area contributed by atoms with Crippen molar-refractivity contribution in [2.45, 2.75) is 6.92 Å². The molecule has 1 aromatic carbocycles. The molecule has 7 nitrogen and oxygen atoms in total. The Labute approximate surface area is 158 Å². The first-order valence-corrected chi connectivity index (χ1v) is 8.85. The highest BCUT2D eigenvalue weighted by molar-refractivity contribution is 8.26. The van der Waals surface area contributed by atoms with Crippen molar-refractivity contribution in [2.75, 3.05) is 13.7 Å². The fourth-order valence-electron chi connectivity index (χ4n) is 2.48. The lowest BCUT2D eigenvalue weighted by Gasteiger charge is -2.09. The molecule has 1 fully saturated rings. The second-order valence-corrected chi connectivity index (χ2v) is 6.95. The van der Waals surface area contributed by atoms with Gasteiger partial charge in [-0.25, -0.2) is 0 Å². The Hall–Kier alpha value is -2.65. The van der Waals surface area contributed by atoms with Crippen LogP contribution in [0.25, 0.3) is 17.4 Å². The van der Waals surface area contributed by atoms with Gasteiger partial charge in [-0.2, -0.15) is 0 Å². The van der Waals surface area contributed by atoms with E-state index in [2.05, 4.69) is 0 Å². The number of ether oxygens (including phenoxy) is 1. The quantitative estimate of drug-likeness (QED) is 0.329. The van der Waals surface area contributed by atoms with Gasteiger partial charge in [0.1, 0.15) is 21.6 Å². The highest BCUT2D eigenvalue weighted by atomic mass is 32.2. The van der Waals surface area contributed by atoms with Gasteiger partial charge in [0.05, 0.1) is 22.5 Å². The average molecular weight is 390 g/mol. The van der Waals surface area contributed by atoms with Crippen LogP contribution in [-0.2, 0) is 4.79 Å². The lowest BCUT2D eigenvalue weighted by atomic mass is 10.1. The van der Waals surface area contributed by atoms with Crippen LogP contribution >= 0.6 is 24.0 Å². The zero-order chi connectivity index (χ0) is 18.8. The fraction of sp³-hybridized carbons (Fsp3) is 0.176. The van der Waals surface area contributed by atoms with Gasteiger partial charge in [-0.1, -0.05) is 24.0 Å². The molecule has 0 bridgehead atoms. The van der Waals surface area contributed by atoms with E-state index in [1.54, 1.807) is 18.2 Å². The number of hydrogen-bond donors (Lipinski definition) is 0. The summed E-state index contributed by atoms with van der Waals surface area (Å²) in [5.41, 5.74) is 0.394. The number of nitro groups is 1. The van der Waals surface area contributed by atoms with Crippen LogP contribution in [0.1, 0.15) is 12.7 Å². The zero-order valence-corrected chi connectivity index (χ0v) is 15.6. The molecule has 1 saturated heterocycles. The third kappa shape index (κ3) is 3.35. The third-order valence-electron chi connectivity index (χ3n) is 3.75. The van der Waals surface area contributed by atoms with Crippen molar-refractivity contribution in [2.24, 2.45) is 0 Å². The molecule has 0 spiro atoms. The molecule has 134 valence electrons. The predicted octanol–water partition coefficient (Wildman–Crippen LogP) is 4.08. The second-order valence-electron chi connectivity index (χ2n) is 5.27. The van der Waals surface area contributed by atoms with Crippen LogP contribution < -0.4 is 4.74 Å². The van der Waals surface area contributed by atoms with Crippen molar-refractivity contribution in [1.29, 1.82) is 0 Å².